The predicted molar refractivity (Wildman–Crippen MR) is 144 cm³/mol. The van der Waals surface area contributed by atoms with Crippen LogP contribution in [0.1, 0.15) is 37.8 Å². The Labute approximate surface area is 216 Å². The zero-order valence-corrected chi connectivity index (χ0v) is 21.4. The second-order valence-electron chi connectivity index (χ2n) is 9.16. The first kappa shape index (κ1) is 25.8. The van der Waals surface area contributed by atoms with E-state index >= 15 is 0 Å². The number of amides is 2. The average Bonchev–Trinajstić information content (AvgIpc) is 3.24. The van der Waals surface area contributed by atoms with Crippen molar-refractivity contribution in [1.29, 1.82) is 0 Å². The summed E-state index contributed by atoms with van der Waals surface area (Å²) in [6, 6.07) is 21.6. The van der Waals surface area contributed by atoms with E-state index < -0.39 is 11.9 Å². The number of aliphatic imine (C=N–C) groups is 1. The number of carbonyl (C=O) groups is 3. The zero-order chi connectivity index (χ0) is 26.5. The third-order valence-corrected chi connectivity index (χ3v) is 6.22. The summed E-state index contributed by atoms with van der Waals surface area (Å²) in [5.74, 6) is -1.50. The van der Waals surface area contributed by atoms with E-state index in [0.717, 1.165) is 17.7 Å². The number of likely N-dealkylation sites (N-methyl/N-ethyl adjacent to an activating group) is 2. The van der Waals surface area contributed by atoms with Gasteiger partial charge in [-0.15, -0.1) is 0 Å². The molecule has 1 unspecified atom stereocenters. The molecule has 8 heteroatoms. The maximum Gasteiger partial charge on any atom is 0.337 e. The van der Waals surface area contributed by atoms with Gasteiger partial charge in [0, 0.05) is 31.4 Å². The number of benzene rings is 3. The molecule has 1 aliphatic heterocycles. The number of hydrogen-bond donors (Lipinski definition) is 1. The van der Waals surface area contributed by atoms with Crippen molar-refractivity contribution in [2.75, 3.05) is 46.7 Å². The summed E-state index contributed by atoms with van der Waals surface area (Å²) in [7, 11) is 7.02. The van der Waals surface area contributed by atoms with Crippen LogP contribution < -0.4 is 5.32 Å². The Bertz CT molecular complexity index is 1350. The number of rotatable bonds is 8. The van der Waals surface area contributed by atoms with Crippen LogP contribution >= 0.6 is 0 Å². The molecule has 8 nitrogen and oxygen atoms in total. The van der Waals surface area contributed by atoms with Crippen LogP contribution in [0.2, 0.25) is 0 Å². The molecule has 4 rings (SSSR count). The predicted octanol–water partition coefficient (Wildman–Crippen LogP) is 3.96. The highest BCUT2D eigenvalue weighted by molar-refractivity contribution is 6.24. The number of anilines is 1. The highest BCUT2D eigenvalue weighted by Gasteiger charge is 2.36. The van der Waals surface area contributed by atoms with Crippen molar-refractivity contribution in [3.8, 4) is 0 Å². The van der Waals surface area contributed by atoms with Crippen LogP contribution in [-0.2, 0) is 9.53 Å². The number of hydrogen-bond acceptors (Lipinski definition) is 6. The van der Waals surface area contributed by atoms with Crippen LogP contribution in [0.3, 0.4) is 0 Å². The Balaban J connectivity index is 1.73. The SMILES string of the molecule is COC(=O)c1ccc2c(c1)NC(=O)C2C(=Nc1cccc(C(=O)N(C)CCN(C)C)c1)c1ccccc1. The Morgan fingerprint density at radius 2 is 1.62 bits per heavy atom. The highest BCUT2D eigenvalue weighted by atomic mass is 16.5. The summed E-state index contributed by atoms with van der Waals surface area (Å²) < 4.78 is 4.81. The molecule has 0 aliphatic carbocycles. The quantitative estimate of drug-likeness (QED) is 0.375. The van der Waals surface area contributed by atoms with Gasteiger partial charge in [0.15, 0.2) is 0 Å². The van der Waals surface area contributed by atoms with Gasteiger partial charge in [-0.1, -0.05) is 42.5 Å². The van der Waals surface area contributed by atoms with Crippen molar-refractivity contribution in [1.82, 2.24) is 9.80 Å². The first-order valence-electron chi connectivity index (χ1n) is 12.0. The summed E-state index contributed by atoms with van der Waals surface area (Å²) in [6.45, 7) is 1.35. The largest absolute Gasteiger partial charge is 0.465 e. The first-order valence-corrected chi connectivity index (χ1v) is 12.0. The van der Waals surface area contributed by atoms with Crippen molar-refractivity contribution in [2.45, 2.75) is 5.92 Å². The van der Waals surface area contributed by atoms with Crippen LogP contribution in [0.4, 0.5) is 11.4 Å². The fourth-order valence-corrected chi connectivity index (χ4v) is 4.20. The van der Waals surface area contributed by atoms with Crippen molar-refractivity contribution in [2.24, 2.45) is 4.99 Å². The normalized spacial score (nSPS) is 14.8. The van der Waals surface area contributed by atoms with Gasteiger partial charge in [0.2, 0.25) is 5.91 Å². The fraction of sp³-hybridized carbons (Fsp3) is 0.241. The van der Waals surface area contributed by atoms with Crippen molar-refractivity contribution >= 4 is 34.9 Å². The molecule has 1 N–H and O–H groups in total. The van der Waals surface area contributed by atoms with Gasteiger partial charge in [-0.3, -0.25) is 14.6 Å². The Morgan fingerprint density at radius 1 is 0.892 bits per heavy atom. The monoisotopic (exact) mass is 498 g/mol. The molecule has 0 aromatic heterocycles. The molecule has 1 atom stereocenters. The Hall–Kier alpha value is -4.30. The van der Waals surface area contributed by atoms with E-state index in [2.05, 4.69) is 5.32 Å². The third kappa shape index (κ3) is 5.76. The van der Waals surface area contributed by atoms with E-state index in [9.17, 15) is 14.4 Å². The number of esters is 1. The minimum Gasteiger partial charge on any atom is -0.465 e. The molecule has 0 radical (unpaired) electrons. The van der Waals surface area contributed by atoms with Gasteiger partial charge in [-0.2, -0.15) is 0 Å². The molecule has 190 valence electrons. The van der Waals surface area contributed by atoms with E-state index in [1.54, 1.807) is 48.3 Å². The Morgan fingerprint density at radius 3 is 2.32 bits per heavy atom. The van der Waals surface area contributed by atoms with E-state index in [1.807, 2.05) is 55.4 Å². The van der Waals surface area contributed by atoms with E-state index in [4.69, 9.17) is 9.73 Å². The lowest BCUT2D eigenvalue weighted by Crippen LogP contribution is -2.33. The van der Waals surface area contributed by atoms with Crippen LogP contribution in [0, 0.1) is 0 Å². The summed E-state index contributed by atoms with van der Waals surface area (Å²) in [4.78, 5) is 46.8. The molecule has 0 fully saturated rings. The van der Waals surface area contributed by atoms with Crippen LogP contribution in [-0.4, -0.2) is 74.6 Å². The standard InChI is InChI=1S/C29H30N4O4/c1-32(2)15-16-33(3)28(35)20-11-8-12-22(17-20)30-26(19-9-6-5-7-10-19)25-23-14-13-21(29(36)37-4)18-24(23)31-27(25)34/h5-14,17-18,25H,15-16H2,1-4H3,(H,31,34). The fourth-order valence-electron chi connectivity index (χ4n) is 4.20. The van der Waals surface area contributed by atoms with E-state index in [1.165, 1.54) is 7.11 Å². The van der Waals surface area contributed by atoms with E-state index in [-0.39, 0.29) is 11.8 Å². The Kier molecular flexibility index (Phi) is 7.79. The third-order valence-electron chi connectivity index (χ3n) is 6.22. The zero-order valence-electron chi connectivity index (χ0n) is 21.4. The molecular formula is C29H30N4O4. The molecular weight excluding hydrogens is 468 g/mol. The summed E-state index contributed by atoms with van der Waals surface area (Å²) in [5, 5.41) is 2.88. The van der Waals surface area contributed by atoms with E-state index in [0.29, 0.717) is 34.8 Å². The van der Waals surface area contributed by atoms with Gasteiger partial charge in [-0.05, 0) is 55.6 Å². The lowest BCUT2D eigenvalue weighted by Gasteiger charge is -2.20. The molecule has 1 heterocycles. The number of methoxy groups -OCH3 is 1. The molecule has 37 heavy (non-hydrogen) atoms. The number of fused-ring (bicyclic) bond motifs is 1. The number of ether oxygens (including phenoxy) is 1. The maximum absolute atomic E-state index is 13.2. The number of carbonyl (C=O) groups excluding carboxylic acids is 3. The van der Waals surface area contributed by atoms with Crippen molar-refractivity contribution in [3.05, 3.63) is 95.1 Å². The van der Waals surface area contributed by atoms with Gasteiger partial charge >= 0.3 is 5.97 Å². The molecule has 0 saturated heterocycles. The first-order chi connectivity index (χ1) is 17.8. The second kappa shape index (κ2) is 11.2. The van der Waals surface area contributed by atoms with Gasteiger partial charge in [0.1, 0.15) is 5.92 Å². The molecule has 0 spiro atoms. The van der Waals surface area contributed by atoms with Crippen molar-refractivity contribution in [3.63, 3.8) is 0 Å². The topological polar surface area (TPSA) is 91.3 Å². The lowest BCUT2D eigenvalue weighted by atomic mass is 9.90. The van der Waals surface area contributed by atoms with Gasteiger partial charge < -0.3 is 19.9 Å². The minimum atomic E-state index is -0.689. The molecule has 0 saturated carbocycles. The van der Waals surface area contributed by atoms with Gasteiger partial charge in [-0.25, -0.2) is 4.79 Å². The smallest absolute Gasteiger partial charge is 0.337 e. The molecule has 1 aliphatic rings. The number of nitrogens with one attached hydrogen (secondary N) is 1. The van der Waals surface area contributed by atoms with Crippen LogP contribution in [0.15, 0.2) is 77.8 Å². The summed E-state index contributed by atoms with van der Waals surface area (Å²) in [6.07, 6.45) is 0. The number of nitrogens with zero attached hydrogens (tertiary/aromatic N) is 3. The molecule has 3 aromatic rings. The van der Waals surface area contributed by atoms with Crippen molar-refractivity contribution < 1.29 is 19.1 Å². The average molecular weight is 499 g/mol. The van der Waals surface area contributed by atoms with Crippen LogP contribution in [0.25, 0.3) is 0 Å². The van der Waals surface area contributed by atoms with Gasteiger partial charge in [0.25, 0.3) is 5.91 Å². The minimum absolute atomic E-state index is 0.0977. The molecule has 2 amide bonds. The maximum atomic E-state index is 13.2. The lowest BCUT2D eigenvalue weighted by molar-refractivity contribution is -0.115. The summed E-state index contributed by atoms with van der Waals surface area (Å²) in [5.41, 5.74) is 4.04. The molecule has 0 bridgehead atoms. The van der Waals surface area contributed by atoms with Crippen LogP contribution in [0.5, 0.6) is 0 Å². The second-order valence-corrected chi connectivity index (χ2v) is 9.16. The highest BCUT2D eigenvalue weighted by Crippen LogP contribution is 2.37. The molecule has 3 aromatic carbocycles. The summed E-state index contributed by atoms with van der Waals surface area (Å²) >= 11 is 0. The van der Waals surface area contributed by atoms with Gasteiger partial charge in [0.05, 0.1) is 24.1 Å².